The topological polar surface area (TPSA) is 63.4 Å². The van der Waals surface area contributed by atoms with Gasteiger partial charge in [-0.2, -0.15) is 16.2 Å². The maximum absolute atomic E-state index is 13.8. The quantitative estimate of drug-likeness (QED) is 0.617. The van der Waals surface area contributed by atoms with Crippen LogP contribution in [0.4, 0.5) is 14.5 Å². The Balaban J connectivity index is 2.38. The molecule has 102 valence electrons. The first-order valence-corrected chi connectivity index (χ1v) is 6.66. The minimum Gasteiger partial charge on any atom is -0.337 e. The summed E-state index contributed by atoms with van der Waals surface area (Å²) in [6, 6.07) is 1.17. The molecule has 8 heteroatoms. The van der Waals surface area contributed by atoms with E-state index in [1.165, 1.54) is 4.90 Å². The number of nitro benzene ring substituents is 1. The van der Waals surface area contributed by atoms with Gasteiger partial charge in [0.05, 0.1) is 16.6 Å². The van der Waals surface area contributed by atoms with Crippen LogP contribution in [-0.2, 0) is 0 Å². The maximum atomic E-state index is 13.8. The van der Waals surface area contributed by atoms with E-state index in [1.807, 2.05) is 0 Å². The van der Waals surface area contributed by atoms with Gasteiger partial charge in [0.2, 0.25) is 5.82 Å². The molecule has 0 unspecified atom stereocenters. The lowest BCUT2D eigenvalue weighted by Gasteiger charge is -2.26. The number of benzene rings is 1. The molecule has 0 saturated carbocycles. The average Bonchev–Trinajstić information content (AvgIpc) is 2.41. The zero-order chi connectivity index (χ0) is 14.0. The molecule has 0 radical (unpaired) electrons. The highest BCUT2D eigenvalue weighted by Crippen LogP contribution is 2.24. The summed E-state index contributed by atoms with van der Waals surface area (Å²) < 4.78 is 27.1. The summed E-state index contributed by atoms with van der Waals surface area (Å²) in [7, 11) is 0. The van der Waals surface area contributed by atoms with Crippen molar-refractivity contribution in [1.82, 2.24) is 4.90 Å². The molecule has 19 heavy (non-hydrogen) atoms. The van der Waals surface area contributed by atoms with Gasteiger partial charge in [0.25, 0.3) is 5.91 Å². The van der Waals surface area contributed by atoms with Crippen molar-refractivity contribution in [3.05, 3.63) is 39.4 Å². The van der Waals surface area contributed by atoms with Crippen LogP contribution in [0.3, 0.4) is 0 Å². The van der Waals surface area contributed by atoms with Crippen LogP contribution < -0.4 is 0 Å². The summed E-state index contributed by atoms with van der Waals surface area (Å²) in [5, 5.41) is 10.6. The first-order valence-electron chi connectivity index (χ1n) is 5.51. The lowest BCUT2D eigenvalue weighted by Crippen LogP contribution is -2.38. The first kappa shape index (κ1) is 13.7. The number of hydrogen-bond donors (Lipinski definition) is 0. The predicted octanol–water partition coefficient (Wildman–Crippen LogP) is 2.06. The summed E-state index contributed by atoms with van der Waals surface area (Å²) in [6.45, 7) is 0.848. The highest BCUT2D eigenvalue weighted by atomic mass is 32.2. The molecule has 1 aliphatic rings. The van der Waals surface area contributed by atoms with Crippen LogP contribution in [0.25, 0.3) is 0 Å². The predicted molar refractivity (Wildman–Crippen MR) is 66.2 cm³/mol. The molecule has 0 aliphatic carbocycles. The maximum Gasteiger partial charge on any atom is 0.308 e. The number of carbonyl (C=O) groups is 1. The van der Waals surface area contributed by atoms with Crippen molar-refractivity contribution in [2.75, 3.05) is 24.6 Å². The standard InChI is InChI=1S/C11H10F2N2O3S/c12-7-5-8(10(13)9(6-7)15(17)18)11(16)14-1-3-19-4-2-14/h5-6H,1-4H2. The van der Waals surface area contributed by atoms with E-state index >= 15 is 0 Å². The van der Waals surface area contributed by atoms with E-state index in [4.69, 9.17) is 0 Å². The van der Waals surface area contributed by atoms with Crippen LogP contribution in [0.15, 0.2) is 12.1 Å². The number of carbonyl (C=O) groups excluding carboxylic acids is 1. The second kappa shape index (κ2) is 5.52. The zero-order valence-electron chi connectivity index (χ0n) is 9.77. The first-order chi connectivity index (χ1) is 9.00. The summed E-state index contributed by atoms with van der Waals surface area (Å²) in [5.74, 6) is -1.56. The molecule has 1 saturated heterocycles. The Morgan fingerprint density at radius 1 is 1.32 bits per heavy atom. The van der Waals surface area contributed by atoms with Crippen LogP contribution in [0, 0.1) is 21.7 Å². The number of hydrogen-bond acceptors (Lipinski definition) is 4. The average molecular weight is 288 g/mol. The monoisotopic (exact) mass is 288 g/mol. The smallest absolute Gasteiger partial charge is 0.308 e. The highest BCUT2D eigenvalue weighted by molar-refractivity contribution is 7.99. The molecule has 1 amide bonds. The molecule has 0 bridgehead atoms. The third-order valence-corrected chi connectivity index (χ3v) is 3.69. The fourth-order valence-corrected chi connectivity index (χ4v) is 2.70. The lowest BCUT2D eigenvalue weighted by molar-refractivity contribution is -0.387. The SMILES string of the molecule is O=C(c1cc(F)cc([N+](=O)[O-])c1F)N1CCSCC1. The molecule has 1 aliphatic heterocycles. The molecule has 1 fully saturated rings. The number of nitro groups is 1. The molecule has 0 N–H and O–H groups in total. The Bertz CT molecular complexity index is 533. The van der Waals surface area contributed by atoms with Crippen molar-refractivity contribution in [2.45, 2.75) is 0 Å². The van der Waals surface area contributed by atoms with Gasteiger partial charge in [0, 0.05) is 24.6 Å². The highest BCUT2D eigenvalue weighted by Gasteiger charge is 2.27. The molecule has 5 nitrogen and oxygen atoms in total. The van der Waals surface area contributed by atoms with Crippen LogP contribution >= 0.6 is 11.8 Å². The number of nitrogens with zero attached hydrogens (tertiary/aromatic N) is 2. The van der Waals surface area contributed by atoms with E-state index in [2.05, 4.69) is 0 Å². The second-order valence-corrected chi connectivity index (χ2v) is 5.17. The fraction of sp³-hybridized carbons (Fsp3) is 0.364. The van der Waals surface area contributed by atoms with Gasteiger partial charge in [-0.15, -0.1) is 0 Å². The van der Waals surface area contributed by atoms with Gasteiger partial charge in [0.1, 0.15) is 5.82 Å². The minimum atomic E-state index is -1.28. The lowest BCUT2D eigenvalue weighted by atomic mass is 10.1. The van der Waals surface area contributed by atoms with Crippen LogP contribution in [-0.4, -0.2) is 40.3 Å². The summed E-state index contributed by atoms with van der Waals surface area (Å²) in [5.41, 5.74) is -1.60. The Kier molecular flexibility index (Phi) is 3.98. The molecule has 1 heterocycles. The molecule has 0 aromatic heterocycles. The van der Waals surface area contributed by atoms with E-state index < -0.39 is 33.7 Å². The molecule has 2 rings (SSSR count). The minimum absolute atomic E-state index is 0.424. The number of amides is 1. The van der Waals surface area contributed by atoms with Crippen molar-refractivity contribution in [1.29, 1.82) is 0 Å². The third kappa shape index (κ3) is 2.83. The Hall–Kier alpha value is -1.70. The Morgan fingerprint density at radius 3 is 2.53 bits per heavy atom. The largest absolute Gasteiger partial charge is 0.337 e. The van der Waals surface area contributed by atoms with E-state index in [1.54, 1.807) is 11.8 Å². The van der Waals surface area contributed by atoms with Crippen molar-refractivity contribution in [2.24, 2.45) is 0 Å². The third-order valence-electron chi connectivity index (χ3n) is 2.74. The van der Waals surface area contributed by atoms with Crippen LogP contribution in [0.5, 0.6) is 0 Å². The summed E-state index contributed by atoms with van der Waals surface area (Å²) >= 11 is 1.66. The van der Waals surface area contributed by atoms with Crippen molar-refractivity contribution >= 4 is 23.4 Å². The van der Waals surface area contributed by atoms with E-state index in [0.717, 1.165) is 0 Å². The van der Waals surface area contributed by atoms with Gasteiger partial charge < -0.3 is 4.90 Å². The second-order valence-electron chi connectivity index (χ2n) is 3.95. The van der Waals surface area contributed by atoms with E-state index in [0.29, 0.717) is 36.7 Å². The molecule has 1 aromatic rings. The van der Waals surface area contributed by atoms with Crippen molar-refractivity contribution in [3.63, 3.8) is 0 Å². The summed E-state index contributed by atoms with van der Waals surface area (Å²) in [4.78, 5) is 23.0. The molecule has 1 aromatic carbocycles. The van der Waals surface area contributed by atoms with Gasteiger partial charge in [0.15, 0.2) is 0 Å². The fourth-order valence-electron chi connectivity index (χ4n) is 1.80. The Labute approximate surface area is 111 Å². The van der Waals surface area contributed by atoms with Gasteiger partial charge >= 0.3 is 5.69 Å². The van der Waals surface area contributed by atoms with Crippen LogP contribution in [0.1, 0.15) is 10.4 Å². The summed E-state index contributed by atoms with van der Waals surface area (Å²) in [6.07, 6.45) is 0. The number of rotatable bonds is 2. The van der Waals surface area contributed by atoms with Gasteiger partial charge in [-0.05, 0) is 6.07 Å². The van der Waals surface area contributed by atoms with Crippen LogP contribution in [0.2, 0.25) is 0 Å². The van der Waals surface area contributed by atoms with Crippen molar-refractivity contribution < 1.29 is 18.5 Å². The van der Waals surface area contributed by atoms with E-state index in [9.17, 15) is 23.7 Å². The normalized spacial score (nSPS) is 15.4. The van der Waals surface area contributed by atoms with E-state index in [-0.39, 0.29) is 0 Å². The molecule has 0 atom stereocenters. The number of thioether (sulfide) groups is 1. The Morgan fingerprint density at radius 2 is 1.95 bits per heavy atom. The zero-order valence-corrected chi connectivity index (χ0v) is 10.6. The van der Waals surface area contributed by atoms with Gasteiger partial charge in [-0.25, -0.2) is 4.39 Å². The van der Waals surface area contributed by atoms with Crippen molar-refractivity contribution in [3.8, 4) is 0 Å². The van der Waals surface area contributed by atoms with Gasteiger partial charge in [-0.1, -0.05) is 0 Å². The number of halogens is 2. The molecular formula is C11H10F2N2O3S. The van der Waals surface area contributed by atoms with Gasteiger partial charge in [-0.3, -0.25) is 14.9 Å². The molecular weight excluding hydrogens is 278 g/mol. The molecule has 0 spiro atoms.